The topological polar surface area (TPSA) is 71.5 Å². The van der Waals surface area contributed by atoms with Gasteiger partial charge in [-0.2, -0.15) is 0 Å². The summed E-state index contributed by atoms with van der Waals surface area (Å²) in [6.07, 6.45) is 0.479. The SMILES string of the molecule is CC(C)C(=O)CCOCCOCCOCCN1CCN(Cc2ccc(CO)cc2)CC1. The molecule has 2 rings (SSSR count). The summed E-state index contributed by atoms with van der Waals surface area (Å²) in [5.74, 6) is 0.320. The predicted molar refractivity (Wildman–Crippen MR) is 121 cm³/mol. The molecule has 0 atom stereocenters. The molecule has 7 nitrogen and oxygen atoms in total. The maximum atomic E-state index is 11.5. The lowest BCUT2D eigenvalue weighted by Gasteiger charge is -2.34. The van der Waals surface area contributed by atoms with Crippen molar-refractivity contribution in [3.8, 4) is 0 Å². The van der Waals surface area contributed by atoms with Crippen molar-refractivity contribution in [3.05, 3.63) is 35.4 Å². The Morgan fingerprint density at radius 2 is 1.35 bits per heavy atom. The van der Waals surface area contributed by atoms with Gasteiger partial charge in [0, 0.05) is 51.6 Å². The molecule has 1 aromatic rings. The van der Waals surface area contributed by atoms with E-state index in [2.05, 4.69) is 21.9 Å². The number of benzene rings is 1. The zero-order valence-electron chi connectivity index (χ0n) is 19.3. The van der Waals surface area contributed by atoms with Crippen LogP contribution in [0, 0.1) is 5.92 Å². The van der Waals surface area contributed by atoms with Gasteiger partial charge in [-0.3, -0.25) is 14.6 Å². The van der Waals surface area contributed by atoms with Gasteiger partial charge in [-0.1, -0.05) is 38.1 Å². The summed E-state index contributed by atoms with van der Waals surface area (Å²) in [4.78, 5) is 16.4. The molecule has 0 radical (unpaired) electrons. The molecule has 176 valence electrons. The molecule has 1 N–H and O–H groups in total. The molecule has 0 saturated carbocycles. The molecule has 0 bridgehead atoms. The highest BCUT2D eigenvalue weighted by Gasteiger charge is 2.16. The van der Waals surface area contributed by atoms with Crippen molar-refractivity contribution in [2.75, 3.05) is 72.4 Å². The number of ketones is 1. The fourth-order valence-corrected chi connectivity index (χ4v) is 3.38. The van der Waals surface area contributed by atoms with Crippen LogP contribution in [0.2, 0.25) is 0 Å². The number of piperazine rings is 1. The lowest BCUT2D eigenvalue weighted by molar-refractivity contribution is -0.123. The van der Waals surface area contributed by atoms with Crippen LogP contribution in [0.3, 0.4) is 0 Å². The average Bonchev–Trinajstić information content (AvgIpc) is 2.78. The van der Waals surface area contributed by atoms with Gasteiger partial charge in [-0.25, -0.2) is 0 Å². The summed E-state index contributed by atoms with van der Waals surface area (Å²) in [6, 6.07) is 8.20. The smallest absolute Gasteiger partial charge is 0.137 e. The van der Waals surface area contributed by atoms with Crippen molar-refractivity contribution in [1.29, 1.82) is 0 Å². The summed E-state index contributed by atoms with van der Waals surface area (Å²) in [7, 11) is 0. The predicted octanol–water partition coefficient (Wildman–Crippen LogP) is 1.96. The standard InChI is InChI=1S/C24H40N2O5/c1-21(2)24(28)7-13-29-15-17-31-18-16-30-14-12-25-8-10-26(11-9-25)19-22-3-5-23(20-27)6-4-22/h3-6,21,27H,7-20H2,1-2H3. The van der Waals surface area contributed by atoms with E-state index in [0.717, 1.165) is 51.4 Å². The van der Waals surface area contributed by atoms with Crippen molar-refractivity contribution in [2.45, 2.75) is 33.4 Å². The minimum Gasteiger partial charge on any atom is -0.392 e. The Bertz CT molecular complexity index is 600. The third-order valence-corrected chi connectivity index (χ3v) is 5.51. The number of hydrogen-bond acceptors (Lipinski definition) is 7. The number of carbonyl (C=O) groups excluding carboxylic acids is 1. The second kappa shape index (κ2) is 15.5. The molecule has 0 spiro atoms. The van der Waals surface area contributed by atoms with E-state index in [0.29, 0.717) is 39.5 Å². The Labute approximate surface area is 187 Å². The molecule has 0 aliphatic carbocycles. The number of ether oxygens (including phenoxy) is 3. The van der Waals surface area contributed by atoms with Crippen LogP contribution in [-0.4, -0.2) is 93.1 Å². The molecule has 0 aromatic heterocycles. The third-order valence-electron chi connectivity index (χ3n) is 5.51. The maximum Gasteiger partial charge on any atom is 0.137 e. The summed E-state index contributed by atoms with van der Waals surface area (Å²) >= 11 is 0. The van der Waals surface area contributed by atoms with Gasteiger partial charge in [0.25, 0.3) is 0 Å². The molecule has 1 aromatic carbocycles. The monoisotopic (exact) mass is 436 g/mol. The first-order valence-electron chi connectivity index (χ1n) is 11.5. The number of Topliss-reactive ketones (excluding diaryl/α,β-unsaturated/α-hetero) is 1. The van der Waals surface area contributed by atoms with E-state index in [-0.39, 0.29) is 18.3 Å². The Hall–Kier alpha value is -1.35. The van der Waals surface area contributed by atoms with Crippen LogP contribution in [0.5, 0.6) is 0 Å². The van der Waals surface area contributed by atoms with Gasteiger partial charge in [0.05, 0.1) is 46.2 Å². The Morgan fingerprint density at radius 3 is 1.94 bits per heavy atom. The highest BCUT2D eigenvalue weighted by Crippen LogP contribution is 2.10. The second-order valence-electron chi connectivity index (χ2n) is 8.30. The maximum absolute atomic E-state index is 11.5. The summed E-state index contributed by atoms with van der Waals surface area (Å²) < 4.78 is 16.6. The molecule has 0 amide bonds. The molecule has 7 heteroatoms. The van der Waals surface area contributed by atoms with Crippen molar-refractivity contribution in [1.82, 2.24) is 9.80 Å². The minimum atomic E-state index is 0.0804. The fraction of sp³-hybridized carbons (Fsp3) is 0.708. The van der Waals surface area contributed by atoms with Crippen LogP contribution in [0.25, 0.3) is 0 Å². The molecule has 1 fully saturated rings. The number of hydrogen-bond donors (Lipinski definition) is 1. The zero-order chi connectivity index (χ0) is 22.3. The van der Waals surface area contributed by atoms with E-state index in [1.54, 1.807) is 0 Å². The van der Waals surface area contributed by atoms with E-state index < -0.39 is 0 Å². The average molecular weight is 437 g/mol. The van der Waals surface area contributed by atoms with Crippen LogP contribution in [0.4, 0.5) is 0 Å². The Morgan fingerprint density at radius 1 is 0.839 bits per heavy atom. The zero-order valence-corrected chi connectivity index (χ0v) is 19.3. The second-order valence-corrected chi connectivity index (χ2v) is 8.30. The first-order chi connectivity index (χ1) is 15.1. The quantitative estimate of drug-likeness (QED) is 0.397. The lowest BCUT2D eigenvalue weighted by atomic mass is 10.1. The molecule has 0 unspecified atom stereocenters. The summed E-state index contributed by atoms with van der Waals surface area (Å²) in [5, 5.41) is 9.13. The van der Waals surface area contributed by atoms with E-state index >= 15 is 0 Å². The van der Waals surface area contributed by atoms with Crippen LogP contribution in [0.1, 0.15) is 31.4 Å². The van der Waals surface area contributed by atoms with Crippen molar-refractivity contribution >= 4 is 5.78 Å². The van der Waals surface area contributed by atoms with Crippen LogP contribution < -0.4 is 0 Å². The van der Waals surface area contributed by atoms with Crippen LogP contribution >= 0.6 is 0 Å². The summed E-state index contributed by atoms with van der Waals surface area (Å²) in [6.45, 7) is 13.5. The fourth-order valence-electron chi connectivity index (χ4n) is 3.38. The van der Waals surface area contributed by atoms with Crippen molar-refractivity contribution in [3.63, 3.8) is 0 Å². The van der Waals surface area contributed by atoms with E-state index in [1.807, 2.05) is 26.0 Å². The Kier molecular flexibility index (Phi) is 12.9. The normalized spacial score (nSPS) is 15.6. The highest BCUT2D eigenvalue weighted by atomic mass is 16.5. The molecular formula is C24H40N2O5. The Balaban J connectivity index is 1.39. The van der Waals surface area contributed by atoms with E-state index in [1.165, 1.54) is 5.56 Å². The number of carbonyl (C=O) groups is 1. The van der Waals surface area contributed by atoms with Gasteiger partial charge in [-0.05, 0) is 11.1 Å². The molecule has 1 heterocycles. The molecular weight excluding hydrogens is 396 g/mol. The number of nitrogens with zero attached hydrogens (tertiary/aromatic N) is 2. The number of aliphatic hydroxyl groups excluding tert-OH is 1. The van der Waals surface area contributed by atoms with Gasteiger partial charge in [-0.15, -0.1) is 0 Å². The number of aliphatic hydroxyl groups is 1. The minimum absolute atomic E-state index is 0.0804. The summed E-state index contributed by atoms with van der Waals surface area (Å²) in [5.41, 5.74) is 2.26. The molecule has 1 saturated heterocycles. The van der Waals surface area contributed by atoms with Crippen molar-refractivity contribution < 1.29 is 24.1 Å². The van der Waals surface area contributed by atoms with Gasteiger partial charge < -0.3 is 19.3 Å². The van der Waals surface area contributed by atoms with Gasteiger partial charge in [0.1, 0.15) is 5.78 Å². The van der Waals surface area contributed by atoms with Gasteiger partial charge >= 0.3 is 0 Å². The lowest BCUT2D eigenvalue weighted by Crippen LogP contribution is -2.46. The van der Waals surface area contributed by atoms with Gasteiger partial charge in [0.2, 0.25) is 0 Å². The molecule has 1 aliphatic rings. The molecule has 1 aliphatic heterocycles. The van der Waals surface area contributed by atoms with E-state index in [4.69, 9.17) is 19.3 Å². The third kappa shape index (κ3) is 11.2. The number of rotatable bonds is 16. The van der Waals surface area contributed by atoms with Crippen molar-refractivity contribution in [2.24, 2.45) is 5.92 Å². The first kappa shape index (κ1) is 25.9. The van der Waals surface area contributed by atoms with Crippen LogP contribution in [0.15, 0.2) is 24.3 Å². The highest BCUT2D eigenvalue weighted by molar-refractivity contribution is 5.80. The van der Waals surface area contributed by atoms with Crippen LogP contribution in [-0.2, 0) is 32.2 Å². The largest absolute Gasteiger partial charge is 0.392 e. The molecule has 31 heavy (non-hydrogen) atoms. The first-order valence-corrected chi connectivity index (χ1v) is 11.5. The van der Waals surface area contributed by atoms with E-state index in [9.17, 15) is 4.79 Å². The van der Waals surface area contributed by atoms with Gasteiger partial charge in [0.15, 0.2) is 0 Å².